The van der Waals surface area contributed by atoms with Gasteiger partial charge in [-0.05, 0) is 50.4 Å². The van der Waals surface area contributed by atoms with E-state index in [1.807, 2.05) is 36.9 Å². The predicted octanol–water partition coefficient (Wildman–Crippen LogP) is 1.55. The van der Waals surface area contributed by atoms with E-state index in [-0.39, 0.29) is 18.4 Å². The number of likely N-dealkylation sites (tertiary alicyclic amines) is 1. The number of ether oxygens (including phenoxy) is 1. The van der Waals surface area contributed by atoms with E-state index in [0.717, 1.165) is 24.1 Å². The molecule has 1 aliphatic rings. The van der Waals surface area contributed by atoms with E-state index in [0.29, 0.717) is 25.4 Å². The summed E-state index contributed by atoms with van der Waals surface area (Å²) in [5, 5.41) is 11.8. The molecule has 1 unspecified atom stereocenters. The van der Waals surface area contributed by atoms with Gasteiger partial charge in [-0.3, -0.25) is 14.5 Å². The topological polar surface area (TPSA) is 78.9 Å². The lowest BCUT2D eigenvalue weighted by Gasteiger charge is -2.30. The summed E-state index contributed by atoms with van der Waals surface area (Å²) < 4.78 is 5.55. The molecule has 1 atom stereocenters. The predicted molar refractivity (Wildman–Crippen MR) is 86.4 cm³/mol. The van der Waals surface area contributed by atoms with Crippen molar-refractivity contribution in [1.29, 1.82) is 0 Å². The van der Waals surface area contributed by atoms with Gasteiger partial charge >= 0.3 is 5.97 Å². The highest BCUT2D eigenvalue weighted by molar-refractivity contribution is 5.77. The first-order chi connectivity index (χ1) is 11.0. The van der Waals surface area contributed by atoms with Gasteiger partial charge in [0.05, 0.1) is 12.6 Å². The Hall–Kier alpha value is -2.08. The molecule has 1 amide bonds. The van der Waals surface area contributed by atoms with Gasteiger partial charge in [-0.25, -0.2) is 0 Å². The Kier molecular flexibility index (Phi) is 5.98. The van der Waals surface area contributed by atoms with Crippen LogP contribution in [0.4, 0.5) is 0 Å². The largest absolute Gasteiger partial charge is 0.483 e. The van der Waals surface area contributed by atoms with Crippen molar-refractivity contribution in [3.05, 3.63) is 29.3 Å². The summed E-state index contributed by atoms with van der Waals surface area (Å²) in [5.74, 6) is -0.599. The minimum Gasteiger partial charge on any atom is -0.483 e. The minimum absolute atomic E-state index is 0.0412. The maximum absolute atomic E-state index is 11.9. The van der Waals surface area contributed by atoms with E-state index in [1.165, 1.54) is 0 Å². The molecular weight excluding hydrogens is 296 g/mol. The van der Waals surface area contributed by atoms with Gasteiger partial charge in [0.2, 0.25) is 0 Å². The van der Waals surface area contributed by atoms with Crippen molar-refractivity contribution < 1.29 is 19.4 Å². The molecule has 1 aliphatic heterocycles. The molecule has 0 bridgehead atoms. The molecule has 23 heavy (non-hydrogen) atoms. The van der Waals surface area contributed by atoms with E-state index in [9.17, 15) is 9.59 Å². The third-order valence-electron chi connectivity index (χ3n) is 4.27. The molecule has 1 fully saturated rings. The van der Waals surface area contributed by atoms with E-state index in [2.05, 4.69) is 5.32 Å². The van der Waals surface area contributed by atoms with Crippen LogP contribution in [0.2, 0.25) is 0 Å². The molecule has 1 aromatic rings. The van der Waals surface area contributed by atoms with Crippen molar-refractivity contribution in [2.75, 3.05) is 26.4 Å². The Labute approximate surface area is 136 Å². The Morgan fingerprint density at radius 3 is 2.91 bits per heavy atom. The first-order valence-corrected chi connectivity index (χ1v) is 7.88. The monoisotopic (exact) mass is 320 g/mol. The summed E-state index contributed by atoms with van der Waals surface area (Å²) >= 11 is 0. The quantitative estimate of drug-likeness (QED) is 0.831. The minimum atomic E-state index is -0.765. The lowest BCUT2D eigenvalue weighted by Crippen LogP contribution is -2.45. The summed E-state index contributed by atoms with van der Waals surface area (Å²) in [6, 6.07) is 5.74. The van der Waals surface area contributed by atoms with Gasteiger partial charge < -0.3 is 15.2 Å². The molecule has 126 valence electrons. The normalized spacial score (nSPS) is 18.4. The first-order valence-electron chi connectivity index (χ1n) is 7.88. The second kappa shape index (κ2) is 7.97. The molecule has 0 radical (unpaired) electrons. The zero-order valence-corrected chi connectivity index (χ0v) is 13.7. The van der Waals surface area contributed by atoms with Crippen LogP contribution in [0, 0.1) is 19.8 Å². The highest BCUT2D eigenvalue weighted by Crippen LogP contribution is 2.20. The summed E-state index contributed by atoms with van der Waals surface area (Å²) in [7, 11) is 0. The molecule has 1 aromatic carbocycles. The van der Waals surface area contributed by atoms with E-state index < -0.39 is 5.97 Å². The standard InChI is InChI=1S/C17H24N2O4/c1-12-5-3-7-15(13(12)2)23-10-16(20)18-11-19-8-4-6-14(9-19)17(21)22/h3,5,7,14H,4,6,8-11H2,1-2H3,(H,18,20)(H,21,22). The fraction of sp³-hybridized carbons (Fsp3) is 0.529. The van der Waals surface area contributed by atoms with Crippen LogP contribution in [-0.2, 0) is 9.59 Å². The van der Waals surface area contributed by atoms with Crippen molar-refractivity contribution in [3.8, 4) is 5.75 Å². The van der Waals surface area contributed by atoms with Crippen molar-refractivity contribution in [3.63, 3.8) is 0 Å². The number of nitrogens with zero attached hydrogens (tertiary/aromatic N) is 1. The second-order valence-electron chi connectivity index (χ2n) is 6.00. The summed E-state index contributed by atoms with van der Waals surface area (Å²) in [6.07, 6.45) is 1.54. The van der Waals surface area contributed by atoms with Crippen LogP contribution in [0.5, 0.6) is 5.75 Å². The molecular formula is C17H24N2O4. The highest BCUT2D eigenvalue weighted by Gasteiger charge is 2.25. The van der Waals surface area contributed by atoms with Crippen molar-refractivity contribution in [2.24, 2.45) is 5.92 Å². The van der Waals surface area contributed by atoms with Gasteiger partial charge in [0.15, 0.2) is 6.61 Å². The number of amides is 1. The fourth-order valence-corrected chi connectivity index (χ4v) is 2.68. The van der Waals surface area contributed by atoms with E-state index >= 15 is 0 Å². The van der Waals surface area contributed by atoms with Crippen LogP contribution < -0.4 is 10.1 Å². The number of hydrogen-bond donors (Lipinski definition) is 2. The van der Waals surface area contributed by atoms with E-state index in [1.54, 1.807) is 0 Å². The third kappa shape index (κ3) is 4.96. The molecule has 0 saturated carbocycles. The lowest BCUT2D eigenvalue weighted by molar-refractivity contribution is -0.143. The smallest absolute Gasteiger partial charge is 0.307 e. The molecule has 2 N–H and O–H groups in total. The van der Waals surface area contributed by atoms with Gasteiger partial charge in [-0.2, -0.15) is 0 Å². The Morgan fingerprint density at radius 2 is 2.17 bits per heavy atom. The number of aryl methyl sites for hydroxylation is 1. The lowest BCUT2D eigenvalue weighted by atomic mass is 9.99. The maximum Gasteiger partial charge on any atom is 0.307 e. The van der Waals surface area contributed by atoms with Gasteiger partial charge in [0.1, 0.15) is 5.75 Å². The molecule has 1 heterocycles. The number of benzene rings is 1. The molecule has 0 aliphatic carbocycles. The van der Waals surface area contributed by atoms with Crippen LogP contribution in [0.15, 0.2) is 18.2 Å². The number of carbonyl (C=O) groups is 2. The van der Waals surface area contributed by atoms with Gasteiger partial charge in [-0.1, -0.05) is 12.1 Å². The number of hydrogen-bond acceptors (Lipinski definition) is 4. The van der Waals surface area contributed by atoms with Crippen molar-refractivity contribution >= 4 is 11.9 Å². The molecule has 6 nitrogen and oxygen atoms in total. The van der Waals surface area contributed by atoms with Gasteiger partial charge in [0, 0.05) is 6.54 Å². The zero-order chi connectivity index (χ0) is 16.8. The van der Waals surface area contributed by atoms with Gasteiger partial charge in [0.25, 0.3) is 5.91 Å². The van der Waals surface area contributed by atoms with Crippen LogP contribution in [0.25, 0.3) is 0 Å². The Bertz CT molecular complexity index is 574. The summed E-state index contributed by atoms with van der Waals surface area (Å²) in [4.78, 5) is 24.9. The number of carbonyl (C=O) groups excluding carboxylic acids is 1. The Balaban J connectivity index is 1.75. The highest BCUT2D eigenvalue weighted by atomic mass is 16.5. The molecule has 2 rings (SSSR count). The van der Waals surface area contributed by atoms with Gasteiger partial charge in [-0.15, -0.1) is 0 Å². The summed E-state index contributed by atoms with van der Waals surface area (Å²) in [5.41, 5.74) is 2.15. The number of carboxylic acids is 1. The molecule has 0 aromatic heterocycles. The third-order valence-corrected chi connectivity index (χ3v) is 4.27. The number of nitrogens with one attached hydrogen (secondary N) is 1. The fourth-order valence-electron chi connectivity index (χ4n) is 2.68. The van der Waals surface area contributed by atoms with Crippen LogP contribution in [-0.4, -0.2) is 48.2 Å². The van der Waals surface area contributed by atoms with Crippen LogP contribution >= 0.6 is 0 Å². The van der Waals surface area contributed by atoms with Crippen molar-refractivity contribution in [1.82, 2.24) is 10.2 Å². The molecule has 6 heteroatoms. The average Bonchev–Trinajstić information content (AvgIpc) is 2.54. The van der Waals surface area contributed by atoms with Crippen molar-refractivity contribution in [2.45, 2.75) is 26.7 Å². The zero-order valence-electron chi connectivity index (χ0n) is 13.7. The number of piperidine rings is 1. The van der Waals surface area contributed by atoms with Crippen LogP contribution in [0.1, 0.15) is 24.0 Å². The number of aliphatic carboxylic acids is 1. The average molecular weight is 320 g/mol. The summed E-state index contributed by atoms with van der Waals surface area (Å²) in [6.45, 7) is 5.56. The first kappa shape index (κ1) is 17.3. The number of rotatable bonds is 6. The molecule has 0 spiro atoms. The number of carboxylic acid groups (broad SMARTS) is 1. The second-order valence-corrected chi connectivity index (χ2v) is 6.00. The van der Waals surface area contributed by atoms with E-state index in [4.69, 9.17) is 9.84 Å². The molecule has 1 saturated heterocycles. The van der Waals surface area contributed by atoms with Crippen LogP contribution in [0.3, 0.4) is 0 Å². The Morgan fingerprint density at radius 1 is 1.39 bits per heavy atom. The maximum atomic E-state index is 11.9. The SMILES string of the molecule is Cc1cccc(OCC(=O)NCN2CCCC(C(=O)O)C2)c1C.